The van der Waals surface area contributed by atoms with Gasteiger partial charge in [0, 0.05) is 24.6 Å². The van der Waals surface area contributed by atoms with Gasteiger partial charge < -0.3 is 10.1 Å². The molecule has 0 bridgehead atoms. The molecule has 1 aromatic carbocycles. The average molecular weight is 230 g/mol. The summed E-state index contributed by atoms with van der Waals surface area (Å²) < 4.78 is 5.20. The molecule has 1 N–H and O–H groups in total. The van der Waals surface area contributed by atoms with Crippen LogP contribution in [-0.2, 0) is 11.3 Å². The zero-order valence-electron chi connectivity index (χ0n) is 10.4. The predicted molar refractivity (Wildman–Crippen MR) is 71.2 cm³/mol. The summed E-state index contributed by atoms with van der Waals surface area (Å²) in [6, 6.07) is 10.3. The number of rotatable bonds is 5. The molecule has 0 radical (unpaired) electrons. The summed E-state index contributed by atoms with van der Waals surface area (Å²) in [6.07, 6.45) is 1.10. The molecular weight excluding hydrogens is 212 g/mol. The molecule has 0 amide bonds. The topological polar surface area (TPSA) is 34.1 Å². The Morgan fingerprint density at radius 2 is 2.12 bits per heavy atom. The number of anilines is 1. The lowest BCUT2D eigenvalue weighted by atomic mass is 10.1. The van der Waals surface area contributed by atoms with Gasteiger partial charge in [-0.05, 0) is 18.6 Å². The molecule has 0 fully saturated rings. The summed E-state index contributed by atoms with van der Waals surface area (Å²) in [5.74, 6) is 0.933. The lowest BCUT2D eigenvalue weighted by Crippen LogP contribution is -2.02. The molecule has 0 aliphatic rings. The smallest absolute Gasteiger partial charge is 0.126 e. The fourth-order valence-electron chi connectivity index (χ4n) is 1.83. The Morgan fingerprint density at radius 1 is 1.24 bits per heavy atom. The van der Waals surface area contributed by atoms with Gasteiger partial charge in [-0.1, -0.05) is 25.1 Å². The number of fused-ring (bicyclic) bond motifs is 1. The minimum absolute atomic E-state index is 0.599. The molecule has 2 rings (SSSR count). The molecule has 90 valence electrons. The van der Waals surface area contributed by atoms with Crippen LogP contribution >= 0.6 is 0 Å². The number of hydrogen-bond acceptors (Lipinski definition) is 3. The number of nitrogens with one attached hydrogen (secondary N) is 1. The minimum atomic E-state index is 0.599. The molecule has 3 heteroatoms. The number of hydrogen-bond donors (Lipinski definition) is 1. The second kappa shape index (κ2) is 5.64. The van der Waals surface area contributed by atoms with Gasteiger partial charge in [0.25, 0.3) is 0 Å². The first-order chi connectivity index (χ1) is 8.35. The number of ether oxygens (including phenoxy) is 1. The number of methoxy groups -OCH3 is 1. The molecule has 0 saturated heterocycles. The van der Waals surface area contributed by atoms with Crippen molar-refractivity contribution in [2.75, 3.05) is 19.0 Å². The molecule has 0 saturated carbocycles. The second-order valence-electron chi connectivity index (χ2n) is 4.05. The first kappa shape index (κ1) is 11.9. The molecular formula is C14H18N2O. The zero-order chi connectivity index (χ0) is 12.1. The molecule has 1 heterocycles. The minimum Gasteiger partial charge on any atom is -0.380 e. The van der Waals surface area contributed by atoms with Crippen LogP contribution in [0.15, 0.2) is 30.3 Å². The van der Waals surface area contributed by atoms with E-state index >= 15 is 0 Å². The quantitative estimate of drug-likeness (QED) is 0.856. The summed E-state index contributed by atoms with van der Waals surface area (Å²) in [5, 5.41) is 4.46. The van der Waals surface area contributed by atoms with Crippen molar-refractivity contribution in [2.45, 2.75) is 20.0 Å². The van der Waals surface area contributed by atoms with E-state index in [2.05, 4.69) is 35.4 Å². The van der Waals surface area contributed by atoms with Gasteiger partial charge in [-0.25, -0.2) is 4.98 Å². The summed E-state index contributed by atoms with van der Waals surface area (Å²) in [6.45, 7) is 3.69. The van der Waals surface area contributed by atoms with Gasteiger partial charge in [0.15, 0.2) is 0 Å². The Morgan fingerprint density at radius 3 is 2.88 bits per heavy atom. The van der Waals surface area contributed by atoms with Crippen LogP contribution in [0.2, 0.25) is 0 Å². The highest BCUT2D eigenvalue weighted by Gasteiger charge is 2.03. The standard InChI is InChI=1S/C14H18N2O/c1-3-9-15-13-8-7-11-5-4-6-12(10-17-2)14(11)16-13/h4-8H,3,9-10H2,1-2H3,(H,15,16). The van der Waals surface area contributed by atoms with E-state index in [4.69, 9.17) is 4.74 Å². The van der Waals surface area contributed by atoms with E-state index in [0.717, 1.165) is 35.2 Å². The van der Waals surface area contributed by atoms with E-state index in [-0.39, 0.29) is 0 Å². The fourth-order valence-corrected chi connectivity index (χ4v) is 1.83. The molecule has 0 atom stereocenters. The van der Waals surface area contributed by atoms with Gasteiger partial charge in [0.2, 0.25) is 0 Å². The maximum atomic E-state index is 5.20. The Kier molecular flexibility index (Phi) is 3.94. The van der Waals surface area contributed by atoms with Crippen LogP contribution in [-0.4, -0.2) is 18.6 Å². The zero-order valence-corrected chi connectivity index (χ0v) is 10.4. The van der Waals surface area contributed by atoms with Crippen molar-refractivity contribution in [1.82, 2.24) is 4.98 Å². The van der Waals surface area contributed by atoms with Crippen molar-refractivity contribution in [1.29, 1.82) is 0 Å². The largest absolute Gasteiger partial charge is 0.380 e. The van der Waals surface area contributed by atoms with E-state index in [1.807, 2.05) is 12.1 Å². The highest BCUT2D eigenvalue weighted by Crippen LogP contribution is 2.19. The van der Waals surface area contributed by atoms with Gasteiger partial charge in [-0.3, -0.25) is 0 Å². The molecule has 17 heavy (non-hydrogen) atoms. The highest BCUT2D eigenvalue weighted by molar-refractivity contribution is 5.83. The van der Waals surface area contributed by atoms with E-state index < -0.39 is 0 Å². The molecule has 0 aliphatic heterocycles. The van der Waals surface area contributed by atoms with Crippen LogP contribution in [0.3, 0.4) is 0 Å². The Labute approximate surface area is 102 Å². The fraction of sp³-hybridized carbons (Fsp3) is 0.357. The van der Waals surface area contributed by atoms with Crippen molar-refractivity contribution in [3.63, 3.8) is 0 Å². The summed E-state index contributed by atoms with van der Waals surface area (Å²) in [4.78, 5) is 4.64. The first-order valence-electron chi connectivity index (χ1n) is 5.96. The van der Waals surface area contributed by atoms with Crippen LogP contribution < -0.4 is 5.32 Å². The van der Waals surface area contributed by atoms with Crippen molar-refractivity contribution in [2.24, 2.45) is 0 Å². The van der Waals surface area contributed by atoms with Gasteiger partial charge >= 0.3 is 0 Å². The van der Waals surface area contributed by atoms with Crippen LogP contribution in [0, 0.1) is 0 Å². The van der Waals surface area contributed by atoms with Crippen molar-refractivity contribution in [3.8, 4) is 0 Å². The van der Waals surface area contributed by atoms with Crippen LogP contribution in [0.5, 0.6) is 0 Å². The van der Waals surface area contributed by atoms with Crippen LogP contribution in [0.4, 0.5) is 5.82 Å². The Hall–Kier alpha value is -1.61. The van der Waals surface area contributed by atoms with Crippen molar-refractivity contribution in [3.05, 3.63) is 35.9 Å². The van der Waals surface area contributed by atoms with Crippen LogP contribution in [0.1, 0.15) is 18.9 Å². The molecule has 2 aromatic rings. The molecule has 3 nitrogen and oxygen atoms in total. The van der Waals surface area contributed by atoms with Gasteiger partial charge in [0.1, 0.15) is 5.82 Å². The predicted octanol–water partition coefficient (Wildman–Crippen LogP) is 3.20. The normalized spacial score (nSPS) is 10.7. The number of pyridine rings is 1. The summed E-state index contributed by atoms with van der Waals surface area (Å²) in [7, 11) is 1.71. The third kappa shape index (κ3) is 2.74. The molecule has 0 aliphatic carbocycles. The number of nitrogens with zero attached hydrogens (tertiary/aromatic N) is 1. The van der Waals surface area contributed by atoms with E-state index in [9.17, 15) is 0 Å². The first-order valence-corrected chi connectivity index (χ1v) is 5.96. The van der Waals surface area contributed by atoms with Gasteiger partial charge in [-0.2, -0.15) is 0 Å². The van der Waals surface area contributed by atoms with E-state index in [0.29, 0.717) is 6.61 Å². The lowest BCUT2D eigenvalue weighted by Gasteiger charge is -2.08. The number of benzene rings is 1. The molecule has 0 spiro atoms. The maximum absolute atomic E-state index is 5.20. The van der Waals surface area contributed by atoms with Gasteiger partial charge in [0.05, 0.1) is 12.1 Å². The number of para-hydroxylation sites is 1. The van der Waals surface area contributed by atoms with Crippen molar-refractivity contribution < 1.29 is 4.74 Å². The van der Waals surface area contributed by atoms with E-state index in [1.54, 1.807) is 7.11 Å². The monoisotopic (exact) mass is 230 g/mol. The van der Waals surface area contributed by atoms with E-state index in [1.165, 1.54) is 0 Å². The lowest BCUT2D eigenvalue weighted by molar-refractivity contribution is 0.186. The van der Waals surface area contributed by atoms with Crippen molar-refractivity contribution >= 4 is 16.7 Å². The highest BCUT2D eigenvalue weighted by atomic mass is 16.5. The second-order valence-corrected chi connectivity index (χ2v) is 4.05. The Balaban J connectivity index is 2.38. The third-order valence-corrected chi connectivity index (χ3v) is 2.66. The molecule has 0 unspecified atom stereocenters. The summed E-state index contributed by atoms with van der Waals surface area (Å²) in [5.41, 5.74) is 2.15. The Bertz CT molecular complexity index is 497. The van der Waals surface area contributed by atoms with Gasteiger partial charge in [-0.15, -0.1) is 0 Å². The number of aromatic nitrogens is 1. The molecule has 1 aromatic heterocycles. The third-order valence-electron chi connectivity index (χ3n) is 2.66. The SMILES string of the molecule is CCCNc1ccc2cccc(COC)c2n1. The average Bonchev–Trinajstić information content (AvgIpc) is 2.37. The maximum Gasteiger partial charge on any atom is 0.126 e. The van der Waals surface area contributed by atoms with Crippen LogP contribution in [0.25, 0.3) is 10.9 Å². The summed E-state index contributed by atoms with van der Waals surface area (Å²) >= 11 is 0.